The van der Waals surface area contributed by atoms with E-state index in [0.717, 1.165) is 10.9 Å². The molecule has 1 aromatic carbocycles. The Morgan fingerprint density at radius 2 is 2.20 bits per heavy atom. The molecule has 0 saturated heterocycles. The third-order valence-corrected chi connectivity index (χ3v) is 2.17. The van der Waals surface area contributed by atoms with Crippen molar-refractivity contribution in [1.29, 1.82) is 0 Å². The van der Waals surface area contributed by atoms with Crippen LogP contribution in [0.1, 0.15) is 0 Å². The number of benzene rings is 1. The van der Waals surface area contributed by atoms with E-state index in [1.165, 1.54) is 0 Å². The lowest BCUT2D eigenvalue weighted by Crippen LogP contribution is -2.26. The van der Waals surface area contributed by atoms with E-state index in [1.807, 2.05) is 24.3 Å². The molecular formula is C11H12N3O. The second-order valence-corrected chi connectivity index (χ2v) is 3.57. The van der Waals surface area contributed by atoms with Gasteiger partial charge in [0.15, 0.2) is 0 Å². The molecule has 0 aliphatic heterocycles. The maximum Gasteiger partial charge on any atom is 0.243 e. The Kier molecular flexibility index (Phi) is 2.41. The molecule has 1 heterocycles. The fourth-order valence-electron chi connectivity index (χ4n) is 1.29. The van der Waals surface area contributed by atoms with Gasteiger partial charge in [0, 0.05) is 19.5 Å². The van der Waals surface area contributed by atoms with Gasteiger partial charge in [0.2, 0.25) is 5.91 Å². The maximum atomic E-state index is 11.4. The number of nitrogens with zero attached hydrogens (tertiary/aromatic N) is 3. The second-order valence-electron chi connectivity index (χ2n) is 3.57. The highest BCUT2D eigenvalue weighted by Gasteiger charge is 2.07. The molecule has 4 nitrogen and oxygen atoms in total. The SMILES string of the molecule is CN(C)C(=O)Cn1[c]c2ccccc2n1. The van der Waals surface area contributed by atoms with Gasteiger partial charge in [-0.05, 0) is 6.07 Å². The van der Waals surface area contributed by atoms with Crippen molar-refractivity contribution in [2.45, 2.75) is 6.54 Å². The van der Waals surface area contributed by atoms with Crippen molar-refractivity contribution in [3.8, 4) is 0 Å². The number of fused-ring (bicyclic) bond motifs is 1. The highest BCUT2D eigenvalue weighted by molar-refractivity contribution is 5.79. The molecule has 2 aromatic rings. The monoisotopic (exact) mass is 202 g/mol. The Morgan fingerprint density at radius 3 is 2.87 bits per heavy atom. The number of aromatic nitrogens is 2. The van der Waals surface area contributed by atoms with Crippen LogP contribution in [-0.4, -0.2) is 34.7 Å². The van der Waals surface area contributed by atoms with Crippen LogP contribution in [0.2, 0.25) is 0 Å². The van der Waals surface area contributed by atoms with E-state index in [9.17, 15) is 4.79 Å². The van der Waals surface area contributed by atoms with Crippen LogP contribution in [0.3, 0.4) is 0 Å². The minimum atomic E-state index is 0.0130. The van der Waals surface area contributed by atoms with E-state index >= 15 is 0 Å². The highest BCUT2D eigenvalue weighted by atomic mass is 16.2. The average molecular weight is 202 g/mol. The minimum Gasteiger partial charge on any atom is -0.347 e. The first kappa shape index (κ1) is 9.71. The number of hydrogen-bond donors (Lipinski definition) is 0. The molecular weight excluding hydrogens is 190 g/mol. The van der Waals surface area contributed by atoms with Crippen molar-refractivity contribution in [2.24, 2.45) is 0 Å². The summed E-state index contributed by atoms with van der Waals surface area (Å²) >= 11 is 0. The summed E-state index contributed by atoms with van der Waals surface area (Å²) in [6.07, 6.45) is 3.04. The van der Waals surface area contributed by atoms with Crippen molar-refractivity contribution < 1.29 is 4.79 Å². The summed E-state index contributed by atoms with van der Waals surface area (Å²) in [7, 11) is 3.46. The van der Waals surface area contributed by atoms with E-state index in [4.69, 9.17) is 0 Å². The van der Waals surface area contributed by atoms with Crippen LogP contribution in [0.15, 0.2) is 24.3 Å². The van der Waals surface area contributed by atoms with Gasteiger partial charge in [-0.2, -0.15) is 5.10 Å². The van der Waals surface area contributed by atoms with Gasteiger partial charge >= 0.3 is 0 Å². The summed E-state index contributed by atoms with van der Waals surface area (Å²) in [4.78, 5) is 13.0. The second kappa shape index (κ2) is 3.73. The first-order valence-corrected chi connectivity index (χ1v) is 4.72. The number of likely N-dealkylation sites (N-methyl/N-ethyl adjacent to an activating group) is 1. The van der Waals surface area contributed by atoms with Gasteiger partial charge in [-0.3, -0.25) is 9.48 Å². The molecule has 0 aliphatic rings. The Hall–Kier alpha value is -1.84. The van der Waals surface area contributed by atoms with Gasteiger partial charge in [-0.25, -0.2) is 0 Å². The molecule has 0 unspecified atom stereocenters. The zero-order valence-corrected chi connectivity index (χ0v) is 8.77. The normalized spacial score (nSPS) is 10.5. The molecule has 1 radical (unpaired) electrons. The third-order valence-electron chi connectivity index (χ3n) is 2.17. The van der Waals surface area contributed by atoms with Gasteiger partial charge in [0.25, 0.3) is 0 Å². The van der Waals surface area contributed by atoms with E-state index in [-0.39, 0.29) is 12.5 Å². The van der Waals surface area contributed by atoms with Crippen molar-refractivity contribution in [1.82, 2.24) is 14.7 Å². The lowest BCUT2D eigenvalue weighted by Gasteiger charge is -2.09. The number of hydrogen-bond acceptors (Lipinski definition) is 2. The van der Waals surface area contributed by atoms with Crippen LogP contribution in [0.4, 0.5) is 0 Å². The van der Waals surface area contributed by atoms with Crippen molar-refractivity contribution in [3.63, 3.8) is 0 Å². The number of carbonyl (C=O) groups excluding carboxylic acids is 1. The fraction of sp³-hybridized carbons (Fsp3) is 0.273. The molecule has 4 heteroatoms. The number of carbonyl (C=O) groups is 1. The third kappa shape index (κ3) is 1.98. The summed E-state index contributed by atoms with van der Waals surface area (Å²) in [6, 6.07) is 7.68. The molecule has 0 saturated carbocycles. The Bertz CT molecular complexity index is 454. The van der Waals surface area contributed by atoms with Crippen molar-refractivity contribution in [3.05, 3.63) is 30.5 Å². The van der Waals surface area contributed by atoms with Crippen LogP contribution in [0, 0.1) is 6.20 Å². The van der Waals surface area contributed by atoms with Crippen LogP contribution < -0.4 is 0 Å². The highest BCUT2D eigenvalue weighted by Crippen LogP contribution is 2.09. The molecule has 0 N–H and O–H groups in total. The number of rotatable bonds is 2. The van der Waals surface area contributed by atoms with Crippen LogP contribution in [-0.2, 0) is 11.3 Å². The molecule has 0 aliphatic carbocycles. The van der Waals surface area contributed by atoms with Gasteiger partial charge in [0.05, 0.1) is 11.7 Å². The van der Waals surface area contributed by atoms with Gasteiger partial charge < -0.3 is 4.90 Å². The quantitative estimate of drug-likeness (QED) is 0.726. The summed E-state index contributed by atoms with van der Waals surface area (Å²) in [6.45, 7) is 0.238. The summed E-state index contributed by atoms with van der Waals surface area (Å²) < 4.78 is 1.55. The van der Waals surface area contributed by atoms with E-state index < -0.39 is 0 Å². The van der Waals surface area contributed by atoms with Crippen molar-refractivity contribution >= 4 is 16.8 Å². The average Bonchev–Trinajstić information content (AvgIpc) is 2.59. The lowest BCUT2D eigenvalue weighted by atomic mass is 10.3. The fourth-order valence-corrected chi connectivity index (χ4v) is 1.29. The van der Waals surface area contributed by atoms with E-state index in [2.05, 4.69) is 11.3 Å². The molecule has 0 atom stereocenters. The molecule has 77 valence electrons. The standard InChI is InChI=1S/C11H12N3O/c1-13(2)11(15)8-14-7-9-5-3-4-6-10(9)12-14/h3-6H,8H2,1-2H3. The lowest BCUT2D eigenvalue weighted by molar-refractivity contribution is -0.129. The van der Waals surface area contributed by atoms with Crippen molar-refractivity contribution in [2.75, 3.05) is 14.1 Å². The molecule has 0 bridgehead atoms. The smallest absolute Gasteiger partial charge is 0.243 e. The molecule has 1 aromatic heterocycles. The predicted molar refractivity (Wildman–Crippen MR) is 57.3 cm³/mol. The van der Waals surface area contributed by atoms with Crippen LogP contribution in [0.25, 0.3) is 10.9 Å². The Balaban J connectivity index is 2.26. The van der Waals surface area contributed by atoms with Gasteiger partial charge in [-0.15, -0.1) is 0 Å². The molecule has 2 rings (SSSR count). The van der Waals surface area contributed by atoms with Gasteiger partial charge in [0.1, 0.15) is 6.54 Å². The minimum absolute atomic E-state index is 0.0130. The largest absolute Gasteiger partial charge is 0.347 e. The number of amides is 1. The maximum absolute atomic E-state index is 11.4. The zero-order valence-electron chi connectivity index (χ0n) is 8.77. The first-order chi connectivity index (χ1) is 7.16. The predicted octanol–water partition coefficient (Wildman–Crippen LogP) is 0.925. The first-order valence-electron chi connectivity index (χ1n) is 4.72. The molecule has 0 fully saturated rings. The summed E-state index contributed by atoms with van der Waals surface area (Å²) in [5.74, 6) is 0.0130. The zero-order chi connectivity index (χ0) is 10.8. The van der Waals surface area contributed by atoms with Crippen LogP contribution >= 0.6 is 0 Å². The topological polar surface area (TPSA) is 38.1 Å². The molecule has 0 spiro atoms. The Morgan fingerprint density at radius 1 is 1.47 bits per heavy atom. The van der Waals surface area contributed by atoms with Crippen LogP contribution in [0.5, 0.6) is 0 Å². The van der Waals surface area contributed by atoms with Gasteiger partial charge in [-0.1, -0.05) is 18.2 Å². The Labute approximate surface area is 88.1 Å². The summed E-state index contributed by atoms with van der Waals surface area (Å²) in [5.41, 5.74) is 0.865. The van der Waals surface area contributed by atoms with E-state index in [1.54, 1.807) is 23.7 Å². The summed E-state index contributed by atoms with van der Waals surface area (Å²) in [5, 5.41) is 5.18. The van der Waals surface area contributed by atoms with E-state index in [0.29, 0.717) is 0 Å². The molecule has 1 amide bonds. The molecule has 15 heavy (non-hydrogen) atoms.